The van der Waals surface area contributed by atoms with Gasteiger partial charge in [-0.2, -0.15) is 32.0 Å². The number of alkyl halides is 3. The molecule has 0 fully saturated rings. The van der Waals surface area contributed by atoms with E-state index in [-0.39, 0.29) is 22.8 Å². The van der Waals surface area contributed by atoms with Gasteiger partial charge in [0.25, 0.3) is 0 Å². The summed E-state index contributed by atoms with van der Waals surface area (Å²) < 4.78 is 67.5. The van der Waals surface area contributed by atoms with Crippen LogP contribution in [0.4, 0.5) is 22.0 Å². The molecule has 4 rings (SSSR count). The molecule has 0 aliphatic carbocycles. The molecule has 11 heteroatoms. The van der Waals surface area contributed by atoms with Crippen LogP contribution in [-0.2, 0) is 11.6 Å². The first-order valence-electron chi connectivity index (χ1n) is 9.30. The lowest BCUT2D eigenvalue weighted by atomic mass is 9.88. The molecule has 0 aliphatic heterocycles. The SMILES string of the molecule is CC(C)(c1cncc(-c2ccc(F)nc2F)n1)c1ncn(-c2cccc(C(F)(F)F)c2)n1. The van der Waals surface area contributed by atoms with Gasteiger partial charge in [0, 0.05) is 6.20 Å². The fourth-order valence-corrected chi connectivity index (χ4v) is 3.01. The highest BCUT2D eigenvalue weighted by atomic mass is 19.4. The van der Waals surface area contributed by atoms with E-state index in [9.17, 15) is 22.0 Å². The van der Waals surface area contributed by atoms with E-state index >= 15 is 0 Å². The minimum atomic E-state index is -4.49. The summed E-state index contributed by atoms with van der Waals surface area (Å²) in [6, 6.07) is 6.91. The fraction of sp³-hybridized carbons (Fsp3) is 0.190. The molecule has 0 spiro atoms. The second-order valence-electron chi connectivity index (χ2n) is 7.45. The number of hydrogen-bond donors (Lipinski definition) is 0. The molecule has 0 radical (unpaired) electrons. The zero-order chi connectivity index (χ0) is 23.1. The minimum absolute atomic E-state index is 0.0287. The predicted molar refractivity (Wildman–Crippen MR) is 104 cm³/mol. The number of aromatic nitrogens is 6. The number of pyridine rings is 1. The molecule has 0 unspecified atom stereocenters. The van der Waals surface area contributed by atoms with Crippen molar-refractivity contribution in [3.8, 4) is 16.9 Å². The van der Waals surface area contributed by atoms with E-state index in [0.29, 0.717) is 5.69 Å². The third-order valence-electron chi connectivity index (χ3n) is 4.85. The topological polar surface area (TPSA) is 69.4 Å². The maximum Gasteiger partial charge on any atom is 0.416 e. The lowest BCUT2D eigenvalue weighted by molar-refractivity contribution is -0.137. The van der Waals surface area contributed by atoms with E-state index in [0.717, 1.165) is 18.2 Å². The van der Waals surface area contributed by atoms with Crippen molar-refractivity contribution in [1.29, 1.82) is 0 Å². The van der Waals surface area contributed by atoms with Crippen molar-refractivity contribution in [2.45, 2.75) is 25.4 Å². The average molecular weight is 446 g/mol. The van der Waals surface area contributed by atoms with Gasteiger partial charge >= 0.3 is 6.18 Å². The van der Waals surface area contributed by atoms with Crippen molar-refractivity contribution in [2.24, 2.45) is 0 Å². The number of hydrogen-bond acceptors (Lipinski definition) is 5. The summed E-state index contributed by atoms with van der Waals surface area (Å²) in [5.74, 6) is -1.72. The molecular weight excluding hydrogens is 431 g/mol. The summed E-state index contributed by atoms with van der Waals surface area (Å²) in [6.07, 6.45) is -0.428. The van der Waals surface area contributed by atoms with Gasteiger partial charge in [0.15, 0.2) is 5.82 Å². The highest BCUT2D eigenvalue weighted by Crippen LogP contribution is 2.32. The van der Waals surface area contributed by atoms with Crippen LogP contribution in [0, 0.1) is 11.9 Å². The van der Waals surface area contributed by atoms with E-state index in [1.165, 1.54) is 41.6 Å². The molecule has 32 heavy (non-hydrogen) atoms. The summed E-state index contributed by atoms with van der Waals surface area (Å²) in [4.78, 5) is 15.9. The summed E-state index contributed by atoms with van der Waals surface area (Å²) >= 11 is 0. The van der Waals surface area contributed by atoms with Crippen LogP contribution in [0.25, 0.3) is 16.9 Å². The molecule has 6 nitrogen and oxygen atoms in total. The lowest BCUT2D eigenvalue weighted by Gasteiger charge is -2.20. The van der Waals surface area contributed by atoms with Crippen LogP contribution >= 0.6 is 0 Å². The molecule has 4 aromatic rings. The van der Waals surface area contributed by atoms with Gasteiger partial charge in [-0.15, -0.1) is 0 Å². The van der Waals surface area contributed by atoms with Crippen molar-refractivity contribution in [2.75, 3.05) is 0 Å². The summed E-state index contributed by atoms with van der Waals surface area (Å²) in [5.41, 5.74) is -1.06. The Morgan fingerprint density at radius 2 is 1.72 bits per heavy atom. The molecule has 3 heterocycles. The Hall–Kier alpha value is -3.76. The standard InChI is InChI=1S/C21H15F5N6/c1-20(2,16-10-27-9-15(29-16)14-6-7-17(22)30-18(14)23)19-28-11-32(31-19)13-5-3-4-12(8-13)21(24,25)26/h3-11H,1-2H3. The molecular formula is C21H15F5N6. The fourth-order valence-electron chi connectivity index (χ4n) is 3.01. The smallest absolute Gasteiger partial charge is 0.261 e. The molecule has 0 aliphatic rings. The molecule has 1 aromatic carbocycles. The molecule has 0 bridgehead atoms. The largest absolute Gasteiger partial charge is 0.416 e. The Morgan fingerprint density at radius 1 is 0.938 bits per heavy atom. The molecule has 0 atom stereocenters. The van der Waals surface area contributed by atoms with Gasteiger partial charge in [-0.05, 0) is 44.2 Å². The van der Waals surface area contributed by atoms with E-state index < -0.39 is 29.1 Å². The van der Waals surface area contributed by atoms with Gasteiger partial charge < -0.3 is 0 Å². The van der Waals surface area contributed by atoms with Crippen LogP contribution in [0.1, 0.15) is 30.9 Å². The molecule has 0 amide bonds. The lowest BCUT2D eigenvalue weighted by Crippen LogP contribution is -2.23. The molecule has 3 aromatic heterocycles. The minimum Gasteiger partial charge on any atom is -0.261 e. The monoisotopic (exact) mass is 446 g/mol. The Kier molecular flexibility index (Phi) is 5.19. The van der Waals surface area contributed by atoms with Gasteiger partial charge in [0.1, 0.15) is 6.33 Å². The third kappa shape index (κ3) is 4.05. The third-order valence-corrected chi connectivity index (χ3v) is 4.85. The van der Waals surface area contributed by atoms with Crippen LogP contribution in [0.5, 0.6) is 0 Å². The molecule has 0 saturated carbocycles. The summed E-state index contributed by atoms with van der Waals surface area (Å²) in [6.45, 7) is 3.48. The van der Waals surface area contributed by atoms with Crippen molar-refractivity contribution < 1.29 is 22.0 Å². The highest BCUT2D eigenvalue weighted by Gasteiger charge is 2.32. The van der Waals surface area contributed by atoms with E-state index in [4.69, 9.17) is 0 Å². The maximum atomic E-state index is 14.1. The van der Waals surface area contributed by atoms with Crippen LogP contribution < -0.4 is 0 Å². The van der Waals surface area contributed by atoms with Crippen LogP contribution in [0.15, 0.2) is 55.1 Å². The second-order valence-corrected chi connectivity index (χ2v) is 7.45. The first-order chi connectivity index (χ1) is 15.1. The summed E-state index contributed by atoms with van der Waals surface area (Å²) in [7, 11) is 0. The van der Waals surface area contributed by atoms with Crippen molar-refractivity contribution in [3.63, 3.8) is 0 Å². The van der Waals surface area contributed by atoms with Crippen molar-refractivity contribution >= 4 is 0 Å². The van der Waals surface area contributed by atoms with Crippen LogP contribution in [0.3, 0.4) is 0 Å². The van der Waals surface area contributed by atoms with E-state index in [1.807, 2.05) is 0 Å². The quantitative estimate of drug-likeness (QED) is 0.335. The zero-order valence-electron chi connectivity index (χ0n) is 16.8. The number of halogens is 5. The average Bonchev–Trinajstić information content (AvgIpc) is 3.25. The Balaban J connectivity index is 1.69. The Bertz CT molecular complexity index is 1280. The number of rotatable bonds is 4. The summed E-state index contributed by atoms with van der Waals surface area (Å²) in [5, 5.41) is 4.32. The van der Waals surface area contributed by atoms with Gasteiger partial charge in [0.2, 0.25) is 11.9 Å². The normalized spacial score (nSPS) is 12.2. The first kappa shape index (κ1) is 21.5. The van der Waals surface area contributed by atoms with Gasteiger partial charge in [-0.25, -0.2) is 14.6 Å². The van der Waals surface area contributed by atoms with Crippen LogP contribution in [-0.4, -0.2) is 29.7 Å². The molecule has 0 saturated heterocycles. The second kappa shape index (κ2) is 7.74. The zero-order valence-corrected chi connectivity index (χ0v) is 16.8. The predicted octanol–water partition coefficient (Wildman–Crippen LogP) is 4.74. The highest BCUT2D eigenvalue weighted by molar-refractivity contribution is 5.57. The maximum absolute atomic E-state index is 14.1. The molecule has 164 valence electrons. The Labute approximate surface area is 178 Å². The van der Waals surface area contributed by atoms with Crippen molar-refractivity contribution in [3.05, 3.63) is 84.1 Å². The van der Waals surface area contributed by atoms with Gasteiger partial charge in [-0.3, -0.25) is 4.98 Å². The first-order valence-corrected chi connectivity index (χ1v) is 9.30. The van der Waals surface area contributed by atoms with E-state index in [2.05, 4.69) is 25.0 Å². The molecule has 0 N–H and O–H groups in total. The van der Waals surface area contributed by atoms with Gasteiger partial charge in [0.05, 0.1) is 39.8 Å². The van der Waals surface area contributed by atoms with Crippen LogP contribution in [0.2, 0.25) is 0 Å². The van der Waals surface area contributed by atoms with E-state index in [1.54, 1.807) is 13.8 Å². The Morgan fingerprint density at radius 3 is 2.44 bits per heavy atom. The van der Waals surface area contributed by atoms with Crippen molar-refractivity contribution in [1.82, 2.24) is 29.7 Å². The number of nitrogens with zero attached hydrogens (tertiary/aromatic N) is 6. The van der Waals surface area contributed by atoms with Gasteiger partial charge in [-0.1, -0.05) is 6.07 Å². The number of benzene rings is 1.